The second-order valence-electron chi connectivity index (χ2n) is 3.78. The molecule has 4 nitrogen and oxygen atoms in total. The average molecular weight is 340 g/mol. The zero-order valence-corrected chi connectivity index (χ0v) is 11.2. The Morgan fingerprint density at radius 1 is 1.32 bits per heavy atom. The van der Waals surface area contributed by atoms with E-state index < -0.39 is 29.5 Å². The predicted octanol–water partition coefficient (Wildman–Crippen LogP) is 3.13. The van der Waals surface area contributed by atoms with Crippen LogP contribution >= 0.6 is 15.9 Å². The van der Waals surface area contributed by atoms with Crippen LogP contribution in [0.3, 0.4) is 0 Å². The summed E-state index contributed by atoms with van der Waals surface area (Å²) in [5, 5.41) is 10.7. The Hall–Kier alpha value is -1.57. The first kappa shape index (κ1) is 15.5. The lowest BCUT2D eigenvalue weighted by atomic mass is 10.1. The highest BCUT2D eigenvalue weighted by Crippen LogP contribution is 2.33. The summed E-state index contributed by atoms with van der Waals surface area (Å²) in [6.45, 7) is 1.14. The first-order valence-corrected chi connectivity index (χ1v) is 5.82. The van der Waals surface area contributed by atoms with Crippen molar-refractivity contribution in [2.75, 3.05) is 5.32 Å². The molecule has 1 aromatic rings. The van der Waals surface area contributed by atoms with E-state index in [-0.39, 0.29) is 10.2 Å². The number of hydrogen-bond acceptors (Lipinski definition) is 2. The number of aliphatic carboxylic acids is 1. The van der Waals surface area contributed by atoms with E-state index in [1.165, 1.54) is 6.07 Å². The zero-order chi connectivity index (χ0) is 14.8. The van der Waals surface area contributed by atoms with Gasteiger partial charge >= 0.3 is 12.1 Å². The molecule has 1 rings (SSSR count). The molecule has 1 unspecified atom stereocenters. The minimum absolute atomic E-state index is 0.125. The maximum atomic E-state index is 12.5. The van der Waals surface area contributed by atoms with Gasteiger partial charge in [-0.15, -0.1) is 0 Å². The van der Waals surface area contributed by atoms with Crippen LogP contribution < -0.4 is 5.32 Å². The Bertz CT molecular complexity index is 516. The molecule has 0 heterocycles. The largest absolute Gasteiger partial charge is 0.481 e. The van der Waals surface area contributed by atoms with Gasteiger partial charge in [-0.3, -0.25) is 9.59 Å². The van der Waals surface area contributed by atoms with E-state index in [4.69, 9.17) is 5.11 Å². The van der Waals surface area contributed by atoms with Gasteiger partial charge in [-0.05, 0) is 25.1 Å². The van der Waals surface area contributed by atoms with Gasteiger partial charge in [0.05, 0.1) is 5.56 Å². The van der Waals surface area contributed by atoms with Gasteiger partial charge in [-0.2, -0.15) is 13.2 Å². The number of amides is 1. The first-order chi connectivity index (χ1) is 8.61. The van der Waals surface area contributed by atoms with Crippen molar-refractivity contribution in [3.63, 3.8) is 0 Å². The number of anilines is 1. The Kier molecular flexibility index (Phi) is 4.56. The summed E-state index contributed by atoms with van der Waals surface area (Å²) in [4.78, 5) is 22.0. The van der Waals surface area contributed by atoms with Crippen LogP contribution in [0.5, 0.6) is 0 Å². The fourth-order valence-electron chi connectivity index (χ4n) is 1.19. The molecule has 0 radical (unpaired) electrons. The van der Waals surface area contributed by atoms with Gasteiger partial charge in [-0.25, -0.2) is 0 Å². The third-order valence-corrected chi connectivity index (χ3v) is 2.71. The topological polar surface area (TPSA) is 66.4 Å². The van der Waals surface area contributed by atoms with Crippen LogP contribution in [0.4, 0.5) is 18.9 Å². The van der Waals surface area contributed by atoms with Crippen molar-refractivity contribution in [2.24, 2.45) is 5.92 Å². The molecular formula is C11H9BrF3NO3. The van der Waals surface area contributed by atoms with E-state index >= 15 is 0 Å². The molecule has 0 spiro atoms. The third kappa shape index (κ3) is 4.23. The van der Waals surface area contributed by atoms with Crippen LogP contribution in [0.2, 0.25) is 0 Å². The van der Waals surface area contributed by atoms with Crippen molar-refractivity contribution in [1.82, 2.24) is 0 Å². The lowest BCUT2D eigenvalue weighted by Crippen LogP contribution is -2.27. The quantitative estimate of drug-likeness (QED) is 0.831. The van der Waals surface area contributed by atoms with Crippen LogP contribution in [0.15, 0.2) is 22.7 Å². The number of halogens is 4. The SMILES string of the molecule is CC(C(=O)O)C(=O)Nc1cc(Br)cc(C(F)(F)F)c1. The van der Waals surface area contributed by atoms with E-state index in [0.717, 1.165) is 19.1 Å². The monoisotopic (exact) mass is 339 g/mol. The van der Waals surface area contributed by atoms with E-state index in [0.29, 0.717) is 0 Å². The molecule has 1 aromatic carbocycles. The molecule has 0 aliphatic heterocycles. The summed E-state index contributed by atoms with van der Waals surface area (Å²) in [5.41, 5.74) is -1.07. The third-order valence-electron chi connectivity index (χ3n) is 2.26. The van der Waals surface area contributed by atoms with Crippen LogP contribution in [-0.2, 0) is 15.8 Å². The van der Waals surface area contributed by atoms with Crippen LogP contribution in [0.25, 0.3) is 0 Å². The highest BCUT2D eigenvalue weighted by Gasteiger charge is 2.31. The number of carboxylic acids is 1. The standard InChI is InChI=1S/C11H9BrF3NO3/c1-5(10(18)19)9(17)16-8-3-6(11(13,14)15)2-7(12)4-8/h2-5H,1H3,(H,16,17)(H,18,19). The second kappa shape index (κ2) is 5.60. The molecule has 19 heavy (non-hydrogen) atoms. The van der Waals surface area contributed by atoms with Crippen LogP contribution in [0.1, 0.15) is 12.5 Å². The lowest BCUT2D eigenvalue weighted by Gasteiger charge is -2.12. The van der Waals surface area contributed by atoms with Gasteiger partial charge in [0.2, 0.25) is 5.91 Å². The van der Waals surface area contributed by atoms with Gasteiger partial charge in [0.25, 0.3) is 0 Å². The molecule has 0 aliphatic carbocycles. The number of rotatable bonds is 3. The number of alkyl halides is 3. The van der Waals surface area contributed by atoms with E-state index in [1.807, 2.05) is 0 Å². The summed E-state index contributed by atoms with van der Waals surface area (Å²) in [5.74, 6) is -3.60. The molecule has 0 saturated heterocycles. The molecule has 1 amide bonds. The molecule has 0 saturated carbocycles. The molecule has 0 aliphatic rings. The summed E-state index contributed by atoms with van der Waals surface area (Å²) in [6, 6.07) is 2.84. The van der Waals surface area contributed by atoms with Crippen molar-refractivity contribution >= 4 is 33.5 Å². The van der Waals surface area contributed by atoms with Crippen LogP contribution in [-0.4, -0.2) is 17.0 Å². The maximum absolute atomic E-state index is 12.5. The molecule has 0 bridgehead atoms. The highest BCUT2D eigenvalue weighted by atomic mass is 79.9. The van der Waals surface area contributed by atoms with E-state index in [2.05, 4.69) is 21.2 Å². The summed E-state index contributed by atoms with van der Waals surface area (Å²) < 4.78 is 37.8. The molecule has 2 N–H and O–H groups in total. The molecule has 104 valence electrons. The van der Waals surface area contributed by atoms with Crippen molar-refractivity contribution in [1.29, 1.82) is 0 Å². The summed E-state index contributed by atoms with van der Waals surface area (Å²) >= 11 is 2.89. The van der Waals surface area contributed by atoms with E-state index in [1.54, 1.807) is 0 Å². The molecule has 0 fully saturated rings. The number of carbonyl (C=O) groups excluding carboxylic acids is 1. The average Bonchev–Trinajstić information content (AvgIpc) is 2.25. The lowest BCUT2D eigenvalue weighted by molar-refractivity contribution is -0.144. The first-order valence-electron chi connectivity index (χ1n) is 5.02. The number of nitrogens with one attached hydrogen (secondary N) is 1. The van der Waals surface area contributed by atoms with Crippen molar-refractivity contribution in [3.8, 4) is 0 Å². The number of hydrogen-bond donors (Lipinski definition) is 2. The van der Waals surface area contributed by atoms with Gasteiger partial charge in [0.1, 0.15) is 5.92 Å². The molecule has 1 atom stereocenters. The minimum Gasteiger partial charge on any atom is -0.481 e. The van der Waals surface area contributed by atoms with Gasteiger partial charge < -0.3 is 10.4 Å². The molecule has 0 aromatic heterocycles. The Morgan fingerprint density at radius 2 is 1.89 bits per heavy atom. The Balaban J connectivity index is 3.00. The Morgan fingerprint density at radius 3 is 2.37 bits per heavy atom. The number of benzene rings is 1. The normalized spacial score (nSPS) is 12.9. The van der Waals surface area contributed by atoms with Crippen molar-refractivity contribution in [2.45, 2.75) is 13.1 Å². The maximum Gasteiger partial charge on any atom is 0.416 e. The highest BCUT2D eigenvalue weighted by molar-refractivity contribution is 9.10. The second-order valence-corrected chi connectivity index (χ2v) is 4.69. The zero-order valence-electron chi connectivity index (χ0n) is 9.58. The molecule has 8 heteroatoms. The summed E-state index contributed by atoms with van der Waals surface area (Å²) in [6.07, 6.45) is -4.55. The smallest absolute Gasteiger partial charge is 0.416 e. The van der Waals surface area contributed by atoms with Gasteiger partial charge in [-0.1, -0.05) is 15.9 Å². The summed E-state index contributed by atoms with van der Waals surface area (Å²) in [7, 11) is 0. The van der Waals surface area contributed by atoms with Crippen molar-refractivity contribution < 1.29 is 27.9 Å². The van der Waals surface area contributed by atoms with Crippen molar-refractivity contribution in [3.05, 3.63) is 28.2 Å². The predicted molar refractivity (Wildman–Crippen MR) is 64.6 cm³/mol. The number of carboxylic acid groups (broad SMARTS) is 1. The fourth-order valence-corrected chi connectivity index (χ4v) is 1.68. The van der Waals surface area contributed by atoms with Gasteiger partial charge in [0.15, 0.2) is 0 Å². The van der Waals surface area contributed by atoms with Gasteiger partial charge in [0, 0.05) is 10.2 Å². The van der Waals surface area contributed by atoms with Crippen LogP contribution in [0, 0.1) is 5.92 Å². The number of carbonyl (C=O) groups is 2. The molecular weight excluding hydrogens is 331 g/mol. The minimum atomic E-state index is -4.55. The van der Waals surface area contributed by atoms with E-state index in [9.17, 15) is 22.8 Å². The Labute approximate surface area is 114 Å². The fraction of sp³-hybridized carbons (Fsp3) is 0.273.